The van der Waals surface area contributed by atoms with Crippen LogP contribution in [0.15, 0.2) is 261 Å². The van der Waals surface area contributed by atoms with Crippen molar-refractivity contribution in [3.05, 3.63) is 261 Å². The highest BCUT2D eigenvalue weighted by molar-refractivity contribution is 6.30. The smallest absolute Gasteiger partial charge is 0.161 e. The van der Waals surface area contributed by atoms with Crippen LogP contribution in [0, 0.1) is 0 Å². The van der Waals surface area contributed by atoms with Crippen molar-refractivity contribution in [2.24, 2.45) is 0 Å². The average Bonchev–Trinajstić information content (AvgIpc) is 3.80. The van der Waals surface area contributed by atoms with Crippen LogP contribution in [0.2, 0.25) is 0 Å². The lowest BCUT2D eigenvalue weighted by Gasteiger charge is -2.16. The van der Waals surface area contributed by atoms with Crippen LogP contribution in [-0.4, -0.2) is 14.5 Å². The average molecular weight is 902 g/mol. The van der Waals surface area contributed by atoms with Crippen LogP contribution in [-0.2, 0) is 0 Å². The number of para-hydroxylation sites is 1. The van der Waals surface area contributed by atoms with E-state index < -0.39 is 0 Å². The quantitative estimate of drug-likeness (QED) is 0.160. The van der Waals surface area contributed by atoms with E-state index in [2.05, 4.69) is 265 Å². The fourth-order valence-corrected chi connectivity index (χ4v) is 11.1. The lowest BCUT2D eigenvalue weighted by molar-refractivity contribution is 1.19. The SMILES string of the molecule is c1ccc(-c2cccc(-c3ccc(-c4nc(-c5ccc(-n6c7ccc8ccccc8c7c7c8ccccc8c(-c8cccc(-c9ccccc9)c8)cc76)c6ccccc56)nc5ccccc45)cc3)c2)cc1. The van der Waals surface area contributed by atoms with Gasteiger partial charge in [0.25, 0.3) is 0 Å². The van der Waals surface area contributed by atoms with Crippen molar-refractivity contribution in [2.75, 3.05) is 0 Å². The molecule has 0 fully saturated rings. The van der Waals surface area contributed by atoms with Gasteiger partial charge in [0.2, 0.25) is 0 Å². The summed E-state index contributed by atoms with van der Waals surface area (Å²) in [7, 11) is 0. The normalized spacial score (nSPS) is 11.7. The van der Waals surface area contributed by atoms with E-state index >= 15 is 0 Å². The number of benzene rings is 12. The molecule has 14 aromatic rings. The van der Waals surface area contributed by atoms with Crippen LogP contribution in [0.5, 0.6) is 0 Å². The maximum Gasteiger partial charge on any atom is 0.161 e. The van der Waals surface area contributed by atoms with Crippen LogP contribution in [0.3, 0.4) is 0 Å². The molecular formula is C68H43N3. The molecule has 12 aromatic carbocycles. The number of aromatic nitrogens is 3. The first-order valence-corrected chi connectivity index (χ1v) is 24.3. The second-order valence-electron chi connectivity index (χ2n) is 18.4. The molecule has 0 unspecified atom stereocenters. The summed E-state index contributed by atoms with van der Waals surface area (Å²) in [5.74, 6) is 0.695. The highest BCUT2D eigenvalue weighted by atomic mass is 15.0. The number of rotatable bonds is 7. The molecule has 0 amide bonds. The Kier molecular flexibility index (Phi) is 9.53. The van der Waals surface area contributed by atoms with Gasteiger partial charge in [0.15, 0.2) is 5.82 Å². The molecule has 2 heterocycles. The van der Waals surface area contributed by atoms with Gasteiger partial charge in [-0.1, -0.05) is 218 Å². The number of hydrogen-bond acceptors (Lipinski definition) is 2. The van der Waals surface area contributed by atoms with Crippen LogP contribution < -0.4 is 0 Å². The molecule has 0 aliphatic heterocycles. The number of nitrogens with zero attached hydrogens (tertiary/aromatic N) is 3. The van der Waals surface area contributed by atoms with E-state index in [1.807, 2.05) is 0 Å². The summed E-state index contributed by atoms with van der Waals surface area (Å²) in [6.07, 6.45) is 0. The molecule has 14 rings (SSSR count). The molecule has 0 radical (unpaired) electrons. The van der Waals surface area contributed by atoms with Crippen LogP contribution in [0.1, 0.15) is 0 Å². The van der Waals surface area contributed by atoms with Gasteiger partial charge < -0.3 is 4.57 Å². The Morgan fingerprint density at radius 1 is 0.268 bits per heavy atom. The van der Waals surface area contributed by atoms with E-state index in [9.17, 15) is 0 Å². The van der Waals surface area contributed by atoms with Gasteiger partial charge in [-0.3, -0.25) is 0 Å². The fourth-order valence-electron chi connectivity index (χ4n) is 11.1. The number of hydrogen-bond donors (Lipinski definition) is 0. The predicted octanol–water partition coefficient (Wildman–Crippen LogP) is 18.2. The third-order valence-electron chi connectivity index (χ3n) is 14.4. The van der Waals surface area contributed by atoms with E-state index in [4.69, 9.17) is 9.97 Å². The monoisotopic (exact) mass is 901 g/mol. The van der Waals surface area contributed by atoms with E-state index in [0.717, 1.165) is 60.8 Å². The van der Waals surface area contributed by atoms with Crippen LogP contribution >= 0.6 is 0 Å². The van der Waals surface area contributed by atoms with Crippen molar-refractivity contribution in [3.8, 4) is 72.8 Å². The molecule has 3 heteroatoms. The molecule has 0 N–H and O–H groups in total. The maximum absolute atomic E-state index is 5.46. The Labute approximate surface area is 411 Å². The first-order chi connectivity index (χ1) is 35.2. The molecule has 0 saturated carbocycles. The molecule has 0 spiro atoms. The summed E-state index contributed by atoms with van der Waals surface area (Å²) >= 11 is 0. The molecule has 2 aromatic heterocycles. The minimum Gasteiger partial charge on any atom is -0.309 e. The third kappa shape index (κ3) is 6.82. The van der Waals surface area contributed by atoms with E-state index in [0.29, 0.717) is 5.82 Å². The van der Waals surface area contributed by atoms with Crippen molar-refractivity contribution >= 4 is 65.0 Å². The first kappa shape index (κ1) is 40.6. The molecule has 3 nitrogen and oxygen atoms in total. The van der Waals surface area contributed by atoms with Crippen molar-refractivity contribution in [1.82, 2.24) is 14.5 Å². The number of fused-ring (bicyclic) bond motifs is 9. The van der Waals surface area contributed by atoms with Gasteiger partial charge in [0.1, 0.15) is 0 Å². The van der Waals surface area contributed by atoms with E-state index in [1.54, 1.807) is 0 Å². The Morgan fingerprint density at radius 3 is 1.48 bits per heavy atom. The van der Waals surface area contributed by atoms with Gasteiger partial charge in [-0.2, -0.15) is 0 Å². The lowest BCUT2D eigenvalue weighted by atomic mass is 9.92. The maximum atomic E-state index is 5.46. The molecule has 0 aliphatic rings. The minimum absolute atomic E-state index is 0.695. The zero-order valence-corrected chi connectivity index (χ0v) is 38.7. The largest absolute Gasteiger partial charge is 0.309 e. The Balaban J connectivity index is 0.959. The zero-order chi connectivity index (χ0) is 46.8. The second-order valence-corrected chi connectivity index (χ2v) is 18.4. The van der Waals surface area contributed by atoms with Crippen molar-refractivity contribution in [1.29, 1.82) is 0 Å². The predicted molar refractivity (Wildman–Crippen MR) is 299 cm³/mol. The molecule has 0 saturated heterocycles. The summed E-state index contributed by atoms with van der Waals surface area (Å²) in [6, 6.07) is 94.2. The van der Waals surface area contributed by atoms with Gasteiger partial charge in [-0.15, -0.1) is 0 Å². The van der Waals surface area contributed by atoms with E-state index in [-0.39, 0.29) is 0 Å². The van der Waals surface area contributed by atoms with Crippen molar-refractivity contribution in [2.45, 2.75) is 0 Å². The van der Waals surface area contributed by atoms with Gasteiger partial charge in [-0.25, -0.2) is 9.97 Å². The second kappa shape index (κ2) is 16.7. The van der Waals surface area contributed by atoms with Crippen LogP contribution in [0.4, 0.5) is 0 Å². The summed E-state index contributed by atoms with van der Waals surface area (Å²) in [4.78, 5) is 10.8. The highest BCUT2D eigenvalue weighted by Gasteiger charge is 2.23. The van der Waals surface area contributed by atoms with E-state index in [1.165, 1.54) is 71.3 Å². The molecule has 0 bridgehead atoms. The molecule has 0 aliphatic carbocycles. The molecule has 330 valence electrons. The molecular weight excluding hydrogens is 859 g/mol. The summed E-state index contributed by atoms with van der Waals surface area (Å²) in [6.45, 7) is 0. The summed E-state index contributed by atoms with van der Waals surface area (Å²) in [5.41, 5.74) is 16.8. The highest BCUT2D eigenvalue weighted by Crippen LogP contribution is 2.46. The van der Waals surface area contributed by atoms with Gasteiger partial charge in [0, 0.05) is 32.7 Å². The topological polar surface area (TPSA) is 30.7 Å². The molecule has 71 heavy (non-hydrogen) atoms. The van der Waals surface area contributed by atoms with Crippen molar-refractivity contribution in [3.63, 3.8) is 0 Å². The Morgan fingerprint density at radius 2 is 0.775 bits per heavy atom. The Hall–Kier alpha value is -9.44. The lowest BCUT2D eigenvalue weighted by Crippen LogP contribution is -1.99. The van der Waals surface area contributed by atoms with Gasteiger partial charge in [0.05, 0.1) is 27.9 Å². The minimum atomic E-state index is 0.695. The fraction of sp³-hybridized carbons (Fsp3) is 0. The summed E-state index contributed by atoms with van der Waals surface area (Å²) < 4.78 is 2.50. The zero-order valence-electron chi connectivity index (χ0n) is 38.7. The van der Waals surface area contributed by atoms with Gasteiger partial charge in [-0.05, 0) is 114 Å². The van der Waals surface area contributed by atoms with Gasteiger partial charge >= 0.3 is 0 Å². The first-order valence-electron chi connectivity index (χ1n) is 24.3. The third-order valence-corrected chi connectivity index (χ3v) is 14.4. The van der Waals surface area contributed by atoms with Crippen molar-refractivity contribution < 1.29 is 0 Å². The van der Waals surface area contributed by atoms with Crippen LogP contribution in [0.25, 0.3) is 138 Å². The Bertz CT molecular complexity index is 4380. The standard InChI is InChI=1S/C68H43N3/c1-3-17-44(18-4-1)49-22-15-23-50(41-49)46-33-35-48(36-34-46)67-59-31-13-14-32-61(59)69-68(70-67)58-38-40-62(56-29-11-9-27-54(56)58)71-63-39-37-47-21-7-8-26-53(47)65(63)66-57-30-12-10-28-55(57)60(43-64(66)71)52-25-16-24-51(42-52)45-19-5-2-6-20-45/h1-43H. The summed E-state index contributed by atoms with van der Waals surface area (Å²) in [5, 5.41) is 10.7. The molecule has 0 atom stereocenters.